The molecule has 0 fully saturated rings. The van der Waals surface area contributed by atoms with Gasteiger partial charge >= 0.3 is 0 Å². The Morgan fingerprint density at radius 1 is 1.37 bits per heavy atom. The van der Waals surface area contributed by atoms with Crippen LogP contribution in [0.15, 0.2) is 34.3 Å². The normalized spacial score (nSPS) is 10.8. The first-order valence-electron chi connectivity index (χ1n) is 6.23. The molecule has 0 bridgehead atoms. The molecule has 1 amide bonds. The first-order chi connectivity index (χ1) is 9.24. The van der Waals surface area contributed by atoms with E-state index in [2.05, 4.69) is 33.6 Å². The van der Waals surface area contributed by atoms with Gasteiger partial charge in [-0.15, -0.1) is 11.3 Å². The first-order valence-corrected chi connectivity index (χ1v) is 8.05. The molecular formula is C14H18N2OS2. The lowest BCUT2D eigenvalue weighted by molar-refractivity contribution is -0.122. The fourth-order valence-electron chi connectivity index (χ4n) is 1.83. The van der Waals surface area contributed by atoms with Gasteiger partial charge in [0.05, 0.1) is 6.54 Å². The summed E-state index contributed by atoms with van der Waals surface area (Å²) in [7, 11) is 1.97. The Morgan fingerprint density at radius 2 is 2.26 bits per heavy atom. The van der Waals surface area contributed by atoms with Crippen LogP contribution in [0.5, 0.6) is 0 Å². The molecule has 102 valence electrons. The summed E-state index contributed by atoms with van der Waals surface area (Å²) < 4.78 is 0. The van der Waals surface area contributed by atoms with Gasteiger partial charge in [0.15, 0.2) is 0 Å². The molecule has 0 aromatic carbocycles. The summed E-state index contributed by atoms with van der Waals surface area (Å²) in [6, 6.07) is 6.23. The molecule has 5 heteroatoms. The molecule has 0 spiro atoms. The van der Waals surface area contributed by atoms with Gasteiger partial charge < -0.3 is 5.32 Å². The Morgan fingerprint density at radius 3 is 2.95 bits per heavy atom. The minimum Gasteiger partial charge on any atom is -0.355 e. The summed E-state index contributed by atoms with van der Waals surface area (Å²) in [5.41, 5.74) is 1.26. The largest absolute Gasteiger partial charge is 0.355 e. The van der Waals surface area contributed by atoms with Crippen molar-refractivity contribution in [1.29, 1.82) is 0 Å². The number of likely N-dealkylation sites (N-methyl/N-ethyl adjacent to an activating group) is 1. The number of carbonyl (C=O) groups excluding carboxylic acids is 1. The first kappa shape index (κ1) is 14.2. The van der Waals surface area contributed by atoms with E-state index in [-0.39, 0.29) is 5.91 Å². The van der Waals surface area contributed by atoms with Crippen LogP contribution in [0.4, 0.5) is 0 Å². The van der Waals surface area contributed by atoms with Crippen LogP contribution in [0, 0.1) is 0 Å². The van der Waals surface area contributed by atoms with E-state index in [1.807, 2.05) is 18.0 Å². The highest BCUT2D eigenvalue weighted by Crippen LogP contribution is 2.09. The maximum atomic E-state index is 11.8. The van der Waals surface area contributed by atoms with Crippen LogP contribution in [-0.2, 0) is 17.8 Å². The van der Waals surface area contributed by atoms with Crippen LogP contribution in [0.3, 0.4) is 0 Å². The zero-order chi connectivity index (χ0) is 13.5. The zero-order valence-corrected chi connectivity index (χ0v) is 12.6. The van der Waals surface area contributed by atoms with Gasteiger partial charge in [-0.1, -0.05) is 6.07 Å². The molecule has 19 heavy (non-hydrogen) atoms. The third kappa shape index (κ3) is 5.14. The number of rotatable bonds is 7. The molecule has 2 heterocycles. The number of nitrogens with one attached hydrogen (secondary N) is 1. The molecule has 0 aliphatic carbocycles. The number of nitrogens with zero attached hydrogens (tertiary/aromatic N) is 1. The smallest absolute Gasteiger partial charge is 0.234 e. The van der Waals surface area contributed by atoms with Gasteiger partial charge in [0, 0.05) is 18.0 Å². The van der Waals surface area contributed by atoms with Gasteiger partial charge in [-0.2, -0.15) is 11.3 Å². The average Bonchev–Trinajstić information content (AvgIpc) is 3.01. The topological polar surface area (TPSA) is 32.3 Å². The Bertz CT molecular complexity index is 480. The standard InChI is InChI=1S/C14H18N2OS2/c1-16(9-12-5-8-18-11-12)10-14(17)15-6-4-13-3-2-7-19-13/h2-3,5,7-8,11H,4,6,9-10H2,1H3,(H,15,17). The summed E-state index contributed by atoms with van der Waals surface area (Å²) in [6.45, 7) is 1.98. The highest BCUT2D eigenvalue weighted by Gasteiger charge is 2.07. The van der Waals surface area contributed by atoms with Gasteiger partial charge in [-0.25, -0.2) is 0 Å². The molecule has 0 aliphatic rings. The van der Waals surface area contributed by atoms with E-state index in [0.29, 0.717) is 13.1 Å². The second-order valence-electron chi connectivity index (χ2n) is 4.48. The molecule has 0 aliphatic heterocycles. The van der Waals surface area contributed by atoms with Gasteiger partial charge in [0.1, 0.15) is 0 Å². The number of amides is 1. The minimum absolute atomic E-state index is 0.0919. The van der Waals surface area contributed by atoms with E-state index in [1.165, 1.54) is 10.4 Å². The number of hydrogen-bond donors (Lipinski definition) is 1. The summed E-state index contributed by atoms with van der Waals surface area (Å²) in [5.74, 6) is 0.0919. The van der Waals surface area contributed by atoms with Crippen molar-refractivity contribution in [2.45, 2.75) is 13.0 Å². The highest BCUT2D eigenvalue weighted by molar-refractivity contribution is 7.09. The van der Waals surface area contributed by atoms with Crippen LogP contribution in [-0.4, -0.2) is 30.9 Å². The van der Waals surface area contributed by atoms with Gasteiger partial charge in [-0.3, -0.25) is 9.69 Å². The fourth-order valence-corrected chi connectivity index (χ4v) is 3.20. The van der Waals surface area contributed by atoms with Crippen molar-refractivity contribution < 1.29 is 4.79 Å². The lowest BCUT2D eigenvalue weighted by Crippen LogP contribution is -2.35. The van der Waals surface area contributed by atoms with Gasteiger partial charge in [0.25, 0.3) is 0 Å². The van der Waals surface area contributed by atoms with E-state index in [9.17, 15) is 4.79 Å². The van der Waals surface area contributed by atoms with Crippen molar-refractivity contribution >= 4 is 28.6 Å². The third-order valence-electron chi connectivity index (χ3n) is 2.72. The van der Waals surface area contributed by atoms with E-state index >= 15 is 0 Å². The lowest BCUT2D eigenvalue weighted by Gasteiger charge is -2.15. The minimum atomic E-state index is 0.0919. The molecule has 2 rings (SSSR count). The molecule has 0 radical (unpaired) electrons. The molecule has 3 nitrogen and oxygen atoms in total. The summed E-state index contributed by atoms with van der Waals surface area (Å²) >= 11 is 3.42. The summed E-state index contributed by atoms with van der Waals surface area (Å²) in [4.78, 5) is 15.1. The molecule has 2 aromatic rings. The van der Waals surface area contributed by atoms with Crippen molar-refractivity contribution in [3.8, 4) is 0 Å². The second-order valence-corrected chi connectivity index (χ2v) is 6.30. The van der Waals surface area contributed by atoms with E-state index < -0.39 is 0 Å². The van der Waals surface area contributed by atoms with Crippen molar-refractivity contribution in [2.24, 2.45) is 0 Å². The second kappa shape index (κ2) is 7.43. The predicted octanol–water partition coefficient (Wildman–Crippen LogP) is 2.60. The maximum Gasteiger partial charge on any atom is 0.234 e. The van der Waals surface area contributed by atoms with Crippen LogP contribution >= 0.6 is 22.7 Å². The van der Waals surface area contributed by atoms with Crippen molar-refractivity contribution in [1.82, 2.24) is 10.2 Å². The predicted molar refractivity (Wildman–Crippen MR) is 81.7 cm³/mol. The van der Waals surface area contributed by atoms with E-state index in [1.54, 1.807) is 22.7 Å². The van der Waals surface area contributed by atoms with E-state index in [4.69, 9.17) is 0 Å². The number of carbonyl (C=O) groups is 1. The molecule has 0 unspecified atom stereocenters. The Balaban J connectivity index is 1.63. The van der Waals surface area contributed by atoms with Crippen molar-refractivity contribution in [2.75, 3.05) is 20.1 Å². The molecule has 2 aromatic heterocycles. The quantitative estimate of drug-likeness (QED) is 0.851. The fraction of sp³-hybridized carbons (Fsp3) is 0.357. The summed E-state index contributed by atoms with van der Waals surface area (Å²) in [5, 5.41) is 9.20. The third-order valence-corrected chi connectivity index (χ3v) is 4.39. The van der Waals surface area contributed by atoms with Gasteiger partial charge in [-0.05, 0) is 47.3 Å². The van der Waals surface area contributed by atoms with Crippen molar-refractivity contribution in [3.05, 3.63) is 44.8 Å². The Hall–Kier alpha value is -1.17. The molecule has 0 saturated heterocycles. The van der Waals surface area contributed by atoms with Crippen LogP contribution in [0.2, 0.25) is 0 Å². The zero-order valence-electron chi connectivity index (χ0n) is 11.0. The molecule has 0 saturated carbocycles. The van der Waals surface area contributed by atoms with Crippen LogP contribution in [0.1, 0.15) is 10.4 Å². The van der Waals surface area contributed by atoms with E-state index in [0.717, 1.165) is 13.0 Å². The Kier molecular flexibility index (Phi) is 5.57. The average molecular weight is 294 g/mol. The monoisotopic (exact) mass is 294 g/mol. The van der Waals surface area contributed by atoms with Crippen molar-refractivity contribution in [3.63, 3.8) is 0 Å². The molecule has 0 atom stereocenters. The van der Waals surface area contributed by atoms with Crippen LogP contribution < -0.4 is 5.32 Å². The Labute approximate surface area is 121 Å². The number of hydrogen-bond acceptors (Lipinski definition) is 4. The van der Waals surface area contributed by atoms with Gasteiger partial charge in [0.2, 0.25) is 5.91 Å². The van der Waals surface area contributed by atoms with Crippen LogP contribution in [0.25, 0.3) is 0 Å². The molecule has 1 N–H and O–H groups in total. The SMILES string of the molecule is CN(CC(=O)NCCc1cccs1)Cc1ccsc1. The lowest BCUT2D eigenvalue weighted by atomic mass is 10.3. The number of thiophene rings is 2. The maximum absolute atomic E-state index is 11.8. The molecular weight excluding hydrogens is 276 g/mol. The highest BCUT2D eigenvalue weighted by atomic mass is 32.1. The summed E-state index contributed by atoms with van der Waals surface area (Å²) in [6.07, 6.45) is 0.914.